The Morgan fingerprint density at radius 1 is 1.09 bits per heavy atom. The third-order valence-corrected chi connectivity index (χ3v) is 4.75. The molecule has 0 bridgehead atoms. The fourth-order valence-corrected chi connectivity index (χ4v) is 3.17. The second-order valence-electron chi connectivity index (χ2n) is 7.74. The van der Waals surface area contributed by atoms with Crippen LogP contribution in [0.2, 0.25) is 0 Å². The van der Waals surface area contributed by atoms with Crippen molar-refractivity contribution >= 4 is 11.5 Å². The number of carbonyl (C=O) groups is 1. The minimum atomic E-state index is -2.62. The smallest absolute Gasteiger partial charge is 0.328 e. The van der Waals surface area contributed by atoms with Crippen LogP contribution in [-0.2, 0) is 4.79 Å². The van der Waals surface area contributed by atoms with Gasteiger partial charge in [0.05, 0.1) is 0 Å². The van der Waals surface area contributed by atoms with Crippen LogP contribution in [0.5, 0.6) is 5.75 Å². The van der Waals surface area contributed by atoms with Crippen molar-refractivity contribution in [3.05, 3.63) is 83.2 Å². The van der Waals surface area contributed by atoms with Crippen molar-refractivity contribution in [2.24, 2.45) is 0 Å². The normalized spacial score (nSPS) is 12.8. The number of carboxylic acid groups (broad SMARTS) is 1. The summed E-state index contributed by atoms with van der Waals surface area (Å²) in [6.07, 6.45) is 3.57. The first-order valence-electron chi connectivity index (χ1n) is 10.2. The summed E-state index contributed by atoms with van der Waals surface area (Å²) in [5.41, 5.74) is 4.31. The average Bonchev–Trinajstić information content (AvgIpc) is 2.71. The molecule has 0 spiro atoms. The molecule has 6 heteroatoms. The molecule has 0 aliphatic carbocycles. The zero-order valence-electron chi connectivity index (χ0n) is 18.5. The molecular formula is C26H27F3O3. The van der Waals surface area contributed by atoms with Crippen molar-refractivity contribution in [3.8, 4) is 16.9 Å². The summed E-state index contributed by atoms with van der Waals surface area (Å²) in [4.78, 5) is 10.8. The molecule has 0 unspecified atom stereocenters. The molecule has 0 atom stereocenters. The second-order valence-corrected chi connectivity index (χ2v) is 7.74. The van der Waals surface area contributed by atoms with Gasteiger partial charge in [-0.05, 0) is 71.9 Å². The first-order chi connectivity index (χ1) is 15.1. The van der Waals surface area contributed by atoms with Crippen LogP contribution in [-0.4, -0.2) is 24.1 Å². The van der Waals surface area contributed by atoms with E-state index in [1.165, 1.54) is 12.1 Å². The molecule has 170 valence electrons. The number of halogens is 3. The minimum Gasteiger partial charge on any atom is -0.487 e. The topological polar surface area (TPSA) is 46.5 Å². The molecule has 0 radical (unpaired) electrons. The summed E-state index contributed by atoms with van der Waals surface area (Å²) in [5, 5.41) is 8.82. The minimum absolute atomic E-state index is 0.00842. The first-order valence-corrected chi connectivity index (χ1v) is 10.2. The largest absolute Gasteiger partial charge is 0.487 e. The highest BCUT2D eigenvalue weighted by atomic mass is 19.3. The van der Waals surface area contributed by atoms with Gasteiger partial charge >= 0.3 is 5.97 Å². The number of hydrogen-bond acceptors (Lipinski definition) is 2. The van der Waals surface area contributed by atoms with E-state index in [4.69, 9.17) is 9.84 Å². The quantitative estimate of drug-likeness (QED) is 0.327. The van der Waals surface area contributed by atoms with Gasteiger partial charge in [0.15, 0.2) is 0 Å². The molecule has 2 rings (SSSR count). The number of alkyl halides is 2. The molecule has 0 fully saturated rings. The number of hydrogen-bond donors (Lipinski definition) is 1. The Labute approximate surface area is 186 Å². The Balaban J connectivity index is 2.61. The summed E-state index contributed by atoms with van der Waals surface area (Å²) in [6, 6.07) is 9.78. The highest BCUT2D eigenvalue weighted by Gasteiger charge is 2.18. The molecule has 1 N–H and O–H groups in total. The Bertz CT molecular complexity index is 1030. The van der Waals surface area contributed by atoms with Crippen LogP contribution >= 0.6 is 0 Å². The predicted octanol–water partition coefficient (Wildman–Crippen LogP) is 7.25. The van der Waals surface area contributed by atoms with Crippen LogP contribution in [0.4, 0.5) is 13.2 Å². The highest BCUT2D eigenvalue weighted by molar-refractivity contribution is 5.81. The standard InChI is InChI=1S/C26H27F3O3/c1-16(2)22-13-20(19-8-10-21(27)11-9-19)14-23(26(22)32-15-24(28)29)18(4)7-5-6-17(3)12-25(30)31/h5-14,16,24H,15H2,1-4H3,(H,30,31). The van der Waals surface area contributed by atoms with E-state index in [0.717, 1.165) is 28.3 Å². The summed E-state index contributed by atoms with van der Waals surface area (Å²) in [6.45, 7) is 6.65. The molecule has 0 saturated carbocycles. The Morgan fingerprint density at radius 2 is 1.75 bits per heavy atom. The number of ether oxygens (including phenoxy) is 1. The van der Waals surface area contributed by atoms with Crippen molar-refractivity contribution in [1.29, 1.82) is 0 Å². The van der Waals surface area contributed by atoms with E-state index >= 15 is 0 Å². The highest BCUT2D eigenvalue weighted by Crippen LogP contribution is 2.39. The molecule has 2 aromatic rings. The summed E-state index contributed by atoms with van der Waals surface area (Å²) in [5.74, 6) is -1.01. The van der Waals surface area contributed by atoms with Crippen LogP contribution < -0.4 is 4.74 Å². The Kier molecular flexibility index (Phi) is 8.88. The monoisotopic (exact) mass is 444 g/mol. The van der Waals surface area contributed by atoms with Crippen molar-refractivity contribution in [2.75, 3.05) is 6.61 Å². The van der Waals surface area contributed by atoms with Crippen molar-refractivity contribution in [3.63, 3.8) is 0 Å². The first kappa shape index (κ1) is 25.0. The third-order valence-electron chi connectivity index (χ3n) is 4.75. The molecule has 0 aromatic heterocycles. The summed E-state index contributed by atoms with van der Waals surface area (Å²) in [7, 11) is 0. The van der Waals surface area contributed by atoms with Crippen LogP contribution in [0, 0.1) is 5.82 Å². The maximum Gasteiger partial charge on any atom is 0.328 e. The number of aliphatic carboxylic acids is 1. The van der Waals surface area contributed by atoms with Gasteiger partial charge in [-0.1, -0.05) is 44.2 Å². The Hall–Kier alpha value is -3.28. The van der Waals surface area contributed by atoms with E-state index in [2.05, 4.69) is 0 Å². The van der Waals surface area contributed by atoms with E-state index in [1.54, 1.807) is 37.3 Å². The van der Waals surface area contributed by atoms with Gasteiger partial charge in [-0.15, -0.1) is 0 Å². The van der Waals surface area contributed by atoms with Crippen LogP contribution in [0.3, 0.4) is 0 Å². The van der Waals surface area contributed by atoms with Crippen LogP contribution in [0.25, 0.3) is 16.7 Å². The van der Waals surface area contributed by atoms with Crippen molar-refractivity contribution in [1.82, 2.24) is 0 Å². The number of benzene rings is 2. The van der Waals surface area contributed by atoms with Gasteiger partial charge in [0.25, 0.3) is 6.43 Å². The van der Waals surface area contributed by atoms with Crippen molar-refractivity contribution < 1.29 is 27.8 Å². The van der Waals surface area contributed by atoms with Gasteiger partial charge in [0.2, 0.25) is 0 Å². The lowest BCUT2D eigenvalue weighted by Crippen LogP contribution is -2.10. The van der Waals surface area contributed by atoms with E-state index < -0.39 is 19.0 Å². The van der Waals surface area contributed by atoms with Gasteiger partial charge < -0.3 is 9.84 Å². The van der Waals surface area contributed by atoms with E-state index in [-0.39, 0.29) is 11.7 Å². The van der Waals surface area contributed by atoms with Crippen LogP contribution in [0.15, 0.2) is 66.3 Å². The maximum absolute atomic E-state index is 13.4. The van der Waals surface area contributed by atoms with Gasteiger partial charge in [0.1, 0.15) is 18.2 Å². The lowest BCUT2D eigenvalue weighted by molar-refractivity contribution is -0.131. The number of carboxylic acids is 1. The van der Waals surface area contributed by atoms with Gasteiger partial charge in [-0.2, -0.15) is 0 Å². The zero-order valence-corrected chi connectivity index (χ0v) is 18.5. The molecule has 0 aliphatic heterocycles. The van der Waals surface area contributed by atoms with Gasteiger partial charge in [-0.3, -0.25) is 0 Å². The zero-order chi connectivity index (χ0) is 23.8. The predicted molar refractivity (Wildman–Crippen MR) is 122 cm³/mol. The van der Waals surface area contributed by atoms with Crippen molar-refractivity contribution in [2.45, 2.75) is 40.0 Å². The number of rotatable bonds is 9. The molecular weight excluding hydrogens is 417 g/mol. The molecule has 3 nitrogen and oxygen atoms in total. The van der Waals surface area contributed by atoms with Gasteiger partial charge in [-0.25, -0.2) is 18.0 Å². The summed E-state index contributed by atoms with van der Waals surface area (Å²) < 4.78 is 44.8. The fourth-order valence-electron chi connectivity index (χ4n) is 3.17. The number of allylic oxidation sites excluding steroid dienone is 5. The lowest BCUT2D eigenvalue weighted by Gasteiger charge is -2.20. The molecule has 2 aromatic carbocycles. The lowest BCUT2D eigenvalue weighted by atomic mass is 9.90. The van der Waals surface area contributed by atoms with E-state index in [1.807, 2.05) is 32.9 Å². The molecule has 32 heavy (non-hydrogen) atoms. The molecule has 0 amide bonds. The third kappa shape index (κ3) is 7.15. The maximum atomic E-state index is 13.4. The Morgan fingerprint density at radius 3 is 2.31 bits per heavy atom. The molecule has 0 heterocycles. The molecule has 0 aliphatic rings. The summed E-state index contributed by atoms with van der Waals surface area (Å²) >= 11 is 0. The molecule has 0 saturated heterocycles. The average molecular weight is 444 g/mol. The second kappa shape index (κ2) is 11.4. The van der Waals surface area contributed by atoms with E-state index in [0.29, 0.717) is 16.9 Å². The fraction of sp³-hybridized carbons (Fsp3) is 0.269. The van der Waals surface area contributed by atoms with Gasteiger partial charge in [0, 0.05) is 11.6 Å². The SMILES string of the molecule is CC(C=CC=C(C)c1cc(-c2ccc(F)cc2)cc(C(C)C)c1OCC(F)F)=CC(=O)O. The van der Waals surface area contributed by atoms with E-state index in [9.17, 15) is 18.0 Å². The van der Waals surface area contributed by atoms with Crippen LogP contribution in [0.1, 0.15) is 44.7 Å².